The molecule has 2 rings (SSSR count). The molecule has 0 radical (unpaired) electrons. The van der Waals surface area contributed by atoms with Crippen molar-refractivity contribution in [3.8, 4) is 5.75 Å². The number of benzene rings is 2. The Morgan fingerprint density at radius 1 is 1.10 bits per heavy atom. The third kappa shape index (κ3) is 6.48. The number of hydrogen-bond acceptors (Lipinski definition) is 5. The van der Waals surface area contributed by atoms with Crippen LogP contribution in [0.2, 0.25) is 0 Å². The topological polar surface area (TPSA) is 75.7 Å². The Kier molecular flexibility index (Phi) is 8.34. The lowest BCUT2D eigenvalue weighted by Gasteiger charge is -2.22. The van der Waals surface area contributed by atoms with Crippen LogP contribution in [0.1, 0.15) is 26.3 Å². The minimum atomic E-state index is -3.72. The third-order valence-electron chi connectivity index (χ3n) is 4.51. The number of carbonyl (C=O) groups is 1. The molecule has 0 aliphatic rings. The largest absolute Gasteiger partial charge is 0.491 e. The van der Waals surface area contributed by atoms with Gasteiger partial charge in [0.2, 0.25) is 15.9 Å². The molecule has 0 spiro atoms. The second-order valence-electron chi connectivity index (χ2n) is 7.88. The van der Waals surface area contributed by atoms with Gasteiger partial charge in [0.25, 0.3) is 0 Å². The first kappa shape index (κ1) is 24.2. The maximum Gasteiger partial charge on any atom is 0.243 e. The number of nitrogens with one attached hydrogen (secondary N) is 1. The van der Waals surface area contributed by atoms with Crippen LogP contribution in [0.3, 0.4) is 0 Å². The van der Waals surface area contributed by atoms with E-state index in [9.17, 15) is 13.2 Å². The molecule has 2 aromatic carbocycles. The van der Waals surface area contributed by atoms with Gasteiger partial charge in [0.15, 0.2) is 0 Å². The summed E-state index contributed by atoms with van der Waals surface area (Å²) in [6, 6.07) is 14.4. The van der Waals surface area contributed by atoms with Gasteiger partial charge in [0.05, 0.1) is 18.0 Å². The van der Waals surface area contributed by atoms with Gasteiger partial charge in [0, 0.05) is 11.9 Å². The summed E-state index contributed by atoms with van der Waals surface area (Å²) in [7, 11) is -2.33. The molecule has 0 aliphatic heterocycles. The first-order valence-corrected chi connectivity index (χ1v) is 12.3. The number of thioether (sulfide) groups is 1. The molecule has 0 fully saturated rings. The predicted octanol–water partition coefficient (Wildman–Crippen LogP) is 3.52. The number of hydrogen-bond donors (Lipinski definition) is 1. The Balaban J connectivity index is 1.86. The van der Waals surface area contributed by atoms with Crippen LogP contribution in [-0.4, -0.2) is 51.6 Å². The maximum atomic E-state index is 12.6. The van der Waals surface area contributed by atoms with E-state index in [1.54, 1.807) is 24.3 Å². The summed E-state index contributed by atoms with van der Waals surface area (Å²) in [5.41, 5.74) is 1.04. The van der Waals surface area contributed by atoms with Crippen molar-refractivity contribution in [2.24, 2.45) is 0 Å². The molecule has 1 N–H and O–H groups in total. The van der Waals surface area contributed by atoms with Gasteiger partial charge in [-0.2, -0.15) is 4.31 Å². The van der Waals surface area contributed by atoms with Gasteiger partial charge in [-0.3, -0.25) is 4.79 Å². The summed E-state index contributed by atoms with van der Waals surface area (Å²) >= 11 is 1.53. The van der Waals surface area contributed by atoms with E-state index in [-0.39, 0.29) is 29.3 Å². The van der Waals surface area contributed by atoms with Crippen molar-refractivity contribution in [2.75, 3.05) is 33.0 Å². The zero-order valence-corrected chi connectivity index (χ0v) is 19.8. The smallest absolute Gasteiger partial charge is 0.243 e. The highest BCUT2D eigenvalue weighted by Crippen LogP contribution is 2.30. The highest BCUT2D eigenvalue weighted by Gasteiger charge is 2.23. The van der Waals surface area contributed by atoms with Crippen LogP contribution < -0.4 is 10.1 Å². The molecule has 0 heterocycles. The van der Waals surface area contributed by atoms with Crippen LogP contribution in [-0.2, 0) is 20.2 Å². The fourth-order valence-corrected chi connectivity index (χ4v) is 4.37. The highest BCUT2D eigenvalue weighted by atomic mass is 32.2. The van der Waals surface area contributed by atoms with Crippen molar-refractivity contribution in [3.05, 3.63) is 54.1 Å². The summed E-state index contributed by atoms with van der Waals surface area (Å²) in [4.78, 5) is 13.3. The van der Waals surface area contributed by atoms with E-state index >= 15 is 0 Å². The van der Waals surface area contributed by atoms with Crippen molar-refractivity contribution in [1.29, 1.82) is 0 Å². The normalized spacial score (nSPS) is 12.1. The van der Waals surface area contributed by atoms with Crippen molar-refractivity contribution in [2.45, 2.75) is 36.0 Å². The molecule has 30 heavy (non-hydrogen) atoms. The number of para-hydroxylation sites is 1. The van der Waals surface area contributed by atoms with Crippen molar-refractivity contribution >= 4 is 27.7 Å². The molecule has 1 amide bonds. The molecular weight excluding hydrogens is 420 g/mol. The molecule has 8 heteroatoms. The molecule has 0 saturated carbocycles. The highest BCUT2D eigenvalue weighted by molar-refractivity contribution is 7.98. The summed E-state index contributed by atoms with van der Waals surface area (Å²) in [6.07, 6.45) is 1.92. The number of rotatable bonds is 9. The third-order valence-corrected chi connectivity index (χ3v) is 7.07. The lowest BCUT2D eigenvalue weighted by Crippen LogP contribution is -2.39. The Morgan fingerprint density at radius 2 is 1.73 bits per heavy atom. The lowest BCUT2D eigenvalue weighted by molar-refractivity contribution is -0.121. The molecule has 0 bridgehead atoms. The molecule has 164 valence electrons. The van der Waals surface area contributed by atoms with Gasteiger partial charge >= 0.3 is 0 Å². The molecule has 0 saturated heterocycles. The maximum absolute atomic E-state index is 12.6. The van der Waals surface area contributed by atoms with Crippen molar-refractivity contribution in [1.82, 2.24) is 9.62 Å². The van der Waals surface area contributed by atoms with Gasteiger partial charge in [-0.25, -0.2) is 8.42 Å². The first-order valence-electron chi connectivity index (χ1n) is 9.65. The minimum Gasteiger partial charge on any atom is -0.491 e. The van der Waals surface area contributed by atoms with Crippen LogP contribution in [0.15, 0.2) is 58.3 Å². The Labute approximate surface area is 184 Å². The fourth-order valence-electron chi connectivity index (χ4n) is 2.83. The molecule has 2 aromatic rings. The van der Waals surface area contributed by atoms with Gasteiger partial charge in [-0.15, -0.1) is 11.8 Å². The molecule has 0 unspecified atom stereocenters. The summed E-state index contributed by atoms with van der Waals surface area (Å²) in [5.74, 6) is 0.405. The second kappa shape index (κ2) is 10.3. The first-order chi connectivity index (χ1) is 14.1. The number of nitrogens with zero attached hydrogens (tertiary/aromatic N) is 1. The van der Waals surface area contributed by atoms with E-state index in [0.717, 1.165) is 20.5 Å². The summed E-state index contributed by atoms with van der Waals surface area (Å²) in [6.45, 7) is 6.66. The van der Waals surface area contributed by atoms with E-state index in [0.29, 0.717) is 6.61 Å². The van der Waals surface area contributed by atoms with Crippen molar-refractivity contribution < 1.29 is 17.9 Å². The van der Waals surface area contributed by atoms with E-state index < -0.39 is 10.0 Å². The molecule has 0 aliphatic carbocycles. The van der Waals surface area contributed by atoms with E-state index in [1.165, 1.54) is 18.8 Å². The zero-order chi connectivity index (χ0) is 22.4. The number of likely N-dealkylation sites (N-methyl/N-ethyl adjacent to an activating group) is 1. The summed E-state index contributed by atoms with van der Waals surface area (Å²) < 4.78 is 32.1. The molecule has 0 aromatic heterocycles. The van der Waals surface area contributed by atoms with E-state index in [4.69, 9.17) is 4.74 Å². The Morgan fingerprint density at radius 3 is 2.33 bits per heavy atom. The average molecular weight is 451 g/mol. The standard InChI is InChI=1S/C22H30N2O4S2/c1-22(2,3)19-8-6-7-9-20(19)28-15-14-23-21(25)16-24(4)30(26,27)18-12-10-17(29-5)11-13-18/h6-13H,14-16H2,1-5H3,(H,23,25). The van der Waals surface area contributed by atoms with Gasteiger partial charge in [-0.05, 0) is 47.6 Å². The average Bonchev–Trinajstić information content (AvgIpc) is 2.70. The monoisotopic (exact) mass is 450 g/mol. The number of amides is 1. The zero-order valence-electron chi connectivity index (χ0n) is 18.1. The van der Waals surface area contributed by atoms with E-state index in [1.807, 2.05) is 30.5 Å². The van der Waals surface area contributed by atoms with Crippen LogP contribution in [0.5, 0.6) is 5.75 Å². The number of sulfonamides is 1. The quantitative estimate of drug-likeness (QED) is 0.467. The van der Waals surface area contributed by atoms with Crippen LogP contribution in [0.4, 0.5) is 0 Å². The van der Waals surface area contributed by atoms with Crippen LogP contribution in [0, 0.1) is 0 Å². The number of carbonyl (C=O) groups excluding carboxylic acids is 1. The molecule has 6 nitrogen and oxygen atoms in total. The molecule has 0 atom stereocenters. The predicted molar refractivity (Wildman–Crippen MR) is 122 cm³/mol. The van der Waals surface area contributed by atoms with Crippen LogP contribution >= 0.6 is 11.8 Å². The summed E-state index contributed by atoms with van der Waals surface area (Å²) in [5, 5.41) is 2.71. The Hall–Kier alpha value is -2.03. The fraction of sp³-hybridized carbons (Fsp3) is 0.409. The lowest BCUT2D eigenvalue weighted by atomic mass is 9.86. The van der Waals surface area contributed by atoms with Gasteiger partial charge < -0.3 is 10.1 Å². The Bertz CT molecular complexity index is 952. The van der Waals surface area contributed by atoms with Crippen molar-refractivity contribution in [3.63, 3.8) is 0 Å². The van der Waals surface area contributed by atoms with Crippen LogP contribution in [0.25, 0.3) is 0 Å². The second-order valence-corrected chi connectivity index (χ2v) is 10.8. The number of ether oxygens (including phenoxy) is 1. The SMILES string of the molecule is CSc1ccc(S(=O)(=O)N(C)CC(=O)NCCOc2ccccc2C(C)(C)C)cc1. The minimum absolute atomic E-state index is 0.0507. The van der Waals surface area contributed by atoms with Gasteiger partial charge in [-0.1, -0.05) is 39.0 Å². The van der Waals surface area contributed by atoms with E-state index in [2.05, 4.69) is 26.1 Å². The molecular formula is C22H30N2O4S2. The van der Waals surface area contributed by atoms with Gasteiger partial charge in [0.1, 0.15) is 12.4 Å².